The molecule has 47 valence electrons. The predicted octanol–water partition coefficient (Wildman–Crippen LogP) is 2.20. The normalized spacial score (nSPS) is 9.00. The molecule has 0 saturated heterocycles. The Morgan fingerprint density at radius 3 is 2.44 bits per heavy atom. The molecule has 2 heteroatoms. The molecule has 0 heterocycles. The van der Waals surface area contributed by atoms with E-state index in [1.807, 2.05) is 36.6 Å². The molecule has 0 unspecified atom stereocenters. The second kappa shape index (κ2) is 3.41. The van der Waals surface area contributed by atoms with Gasteiger partial charge in [-0.05, 0) is 24.1 Å². The molecule has 1 radical (unpaired) electrons. The van der Waals surface area contributed by atoms with E-state index in [0.29, 0.717) is 0 Å². The molecular formula is C7H8NS. The standard InChI is InChI=1S/C7H8NS/c1-9-8-7-5-3-2-4-6-7/h2-6H,1H3. The molecule has 1 nitrogen and oxygen atoms in total. The lowest BCUT2D eigenvalue weighted by Gasteiger charge is -1.93. The molecule has 1 aromatic carbocycles. The van der Waals surface area contributed by atoms with Gasteiger partial charge in [-0.2, -0.15) is 0 Å². The van der Waals surface area contributed by atoms with Crippen LogP contribution in [0, 0.1) is 0 Å². The number of rotatable bonds is 2. The Bertz CT molecular complexity index is 162. The molecule has 0 atom stereocenters. The average molecular weight is 138 g/mol. The maximum atomic E-state index is 4.12. The highest BCUT2D eigenvalue weighted by Crippen LogP contribution is 2.08. The van der Waals surface area contributed by atoms with E-state index in [1.165, 1.54) is 11.9 Å². The molecule has 0 fully saturated rings. The molecule has 0 aliphatic heterocycles. The van der Waals surface area contributed by atoms with Crippen molar-refractivity contribution in [1.29, 1.82) is 0 Å². The SMILES string of the molecule is CS[N]c1ccccc1. The maximum Gasteiger partial charge on any atom is 0.0712 e. The second-order valence-corrected chi connectivity index (χ2v) is 2.16. The lowest BCUT2D eigenvalue weighted by molar-refractivity contribution is 1.38. The van der Waals surface area contributed by atoms with Crippen LogP contribution in [0.5, 0.6) is 0 Å². The van der Waals surface area contributed by atoms with Crippen LogP contribution in [0.2, 0.25) is 0 Å². The zero-order valence-electron chi connectivity index (χ0n) is 5.24. The van der Waals surface area contributed by atoms with Crippen molar-refractivity contribution in [3.8, 4) is 0 Å². The van der Waals surface area contributed by atoms with E-state index in [4.69, 9.17) is 0 Å². The fourth-order valence-corrected chi connectivity index (χ4v) is 0.927. The van der Waals surface area contributed by atoms with E-state index in [-0.39, 0.29) is 0 Å². The van der Waals surface area contributed by atoms with Gasteiger partial charge < -0.3 is 0 Å². The highest BCUT2D eigenvalue weighted by molar-refractivity contribution is 7.96. The molecular weight excluding hydrogens is 130 g/mol. The Morgan fingerprint density at radius 1 is 1.22 bits per heavy atom. The topological polar surface area (TPSA) is 14.1 Å². The summed E-state index contributed by atoms with van der Waals surface area (Å²) in [4.78, 5) is 0. The summed E-state index contributed by atoms with van der Waals surface area (Å²) in [6, 6.07) is 9.91. The molecule has 0 saturated carbocycles. The van der Waals surface area contributed by atoms with Gasteiger partial charge in [0.05, 0.1) is 5.69 Å². The Hall–Kier alpha value is -0.630. The number of nitrogens with zero attached hydrogens (tertiary/aromatic N) is 1. The summed E-state index contributed by atoms with van der Waals surface area (Å²) in [5.74, 6) is 0. The zero-order chi connectivity index (χ0) is 6.53. The van der Waals surface area contributed by atoms with Gasteiger partial charge in [0, 0.05) is 6.26 Å². The molecule has 0 aliphatic carbocycles. The first-order valence-electron chi connectivity index (χ1n) is 2.73. The van der Waals surface area contributed by atoms with Crippen molar-refractivity contribution in [2.24, 2.45) is 0 Å². The van der Waals surface area contributed by atoms with Crippen molar-refractivity contribution in [2.75, 3.05) is 6.26 Å². The first-order chi connectivity index (χ1) is 4.43. The molecule has 0 N–H and O–H groups in total. The molecule has 1 aromatic rings. The summed E-state index contributed by atoms with van der Waals surface area (Å²) in [6.45, 7) is 0. The smallest absolute Gasteiger partial charge is 0.0712 e. The second-order valence-electron chi connectivity index (χ2n) is 1.61. The van der Waals surface area contributed by atoms with Crippen molar-refractivity contribution in [2.45, 2.75) is 0 Å². The third kappa shape index (κ3) is 1.98. The van der Waals surface area contributed by atoms with Crippen LogP contribution in [0.1, 0.15) is 0 Å². The third-order valence-electron chi connectivity index (χ3n) is 0.953. The van der Waals surface area contributed by atoms with E-state index in [2.05, 4.69) is 4.72 Å². The van der Waals surface area contributed by atoms with Crippen LogP contribution < -0.4 is 4.72 Å². The fraction of sp³-hybridized carbons (Fsp3) is 0.143. The van der Waals surface area contributed by atoms with E-state index in [1.54, 1.807) is 0 Å². The largest absolute Gasteiger partial charge is 0.217 e. The van der Waals surface area contributed by atoms with Gasteiger partial charge in [-0.15, -0.1) is 0 Å². The van der Waals surface area contributed by atoms with Crippen molar-refractivity contribution < 1.29 is 0 Å². The van der Waals surface area contributed by atoms with Crippen molar-refractivity contribution in [3.63, 3.8) is 0 Å². The summed E-state index contributed by atoms with van der Waals surface area (Å²) in [5.41, 5.74) is 1.03. The molecule has 0 bridgehead atoms. The Kier molecular flexibility index (Phi) is 2.46. The van der Waals surface area contributed by atoms with Gasteiger partial charge in [0.25, 0.3) is 0 Å². The number of hydrogen-bond acceptors (Lipinski definition) is 1. The fourth-order valence-electron chi connectivity index (χ4n) is 0.594. The summed E-state index contributed by atoms with van der Waals surface area (Å²) >= 11 is 1.48. The zero-order valence-corrected chi connectivity index (χ0v) is 6.06. The first kappa shape index (κ1) is 6.49. The van der Waals surface area contributed by atoms with Crippen LogP contribution in [0.15, 0.2) is 30.3 Å². The van der Waals surface area contributed by atoms with Crippen LogP contribution in [0.3, 0.4) is 0 Å². The summed E-state index contributed by atoms with van der Waals surface area (Å²) in [7, 11) is 0. The molecule has 0 aliphatic rings. The minimum Gasteiger partial charge on any atom is -0.217 e. The van der Waals surface area contributed by atoms with Crippen LogP contribution >= 0.6 is 11.9 Å². The van der Waals surface area contributed by atoms with Crippen LogP contribution in [-0.4, -0.2) is 6.26 Å². The van der Waals surface area contributed by atoms with Crippen LogP contribution in [-0.2, 0) is 0 Å². The lowest BCUT2D eigenvalue weighted by Crippen LogP contribution is -1.79. The maximum absolute atomic E-state index is 4.12. The average Bonchev–Trinajstić information content (AvgIpc) is 1.91. The Morgan fingerprint density at radius 2 is 1.89 bits per heavy atom. The highest BCUT2D eigenvalue weighted by Gasteiger charge is 1.85. The van der Waals surface area contributed by atoms with Crippen LogP contribution in [0.4, 0.5) is 5.69 Å². The Labute approximate surface area is 59.6 Å². The minimum absolute atomic E-state index is 1.03. The van der Waals surface area contributed by atoms with E-state index in [9.17, 15) is 0 Å². The van der Waals surface area contributed by atoms with Gasteiger partial charge in [0.1, 0.15) is 0 Å². The molecule has 9 heavy (non-hydrogen) atoms. The molecule has 0 aromatic heterocycles. The van der Waals surface area contributed by atoms with Crippen molar-refractivity contribution in [3.05, 3.63) is 30.3 Å². The molecule has 1 rings (SSSR count). The van der Waals surface area contributed by atoms with Crippen molar-refractivity contribution in [1.82, 2.24) is 4.72 Å². The van der Waals surface area contributed by atoms with Crippen LogP contribution in [0.25, 0.3) is 0 Å². The molecule has 0 spiro atoms. The summed E-state index contributed by atoms with van der Waals surface area (Å²) in [5, 5.41) is 0. The quantitative estimate of drug-likeness (QED) is 0.571. The number of hydrogen-bond donors (Lipinski definition) is 0. The van der Waals surface area contributed by atoms with E-state index < -0.39 is 0 Å². The molecule has 0 amide bonds. The highest BCUT2D eigenvalue weighted by atomic mass is 32.2. The monoisotopic (exact) mass is 138 g/mol. The summed E-state index contributed by atoms with van der Waals surface area (Å²) < 4.78 is 4.12. The lowest BCUT2D eigenvalue weighted by atomic mass is 10.3. The minimum atomic E-state index is 1.03. The predicted molar refractivity (Wildman–Crippen MR) is 41.8 cm³/mol. The van der Waals surface area contributed by atoms with Gasteiger partial charge >= 0.3 is 0 Å². The van der Waals surface area contributed by atoms with Gasteiger partial charge in [0.15, 0.2) is 0 Å². The van der Waals surface area contributed by atoms with Gasteiger partial charge in [-0.3, -0.25) is 0 Å². The van der Waals surface area contributed by atoms with Gasteiger partial charge in [-0.25, -0.2) is 4.72 Å². The van der Waals surface area contributed by atoms with Crippen molar-refractivity contribution >= 4 is 17.6 Å². The third-order valence-corrected chi connectivity index (χ3v) is 1.35. The first-order valence-corrected chi connectivity index (χ1v) is 3.91. The number of benzene rings is 1. The van der Waals surface area contributed by atoms with E-state index >= 15 is 0 Å². The van der Waals surface area contributed by atoms with E-state index in [0.717, 1.165) is 5.69 Å². The van der Waals surface area contributed by atoms with Gasteiger partial charge in [0.2, 0.25) is 0 Å². The van der Waals surface area contributed by atoms with Gasteiger partial charge in [-0.1, -0.05) is 18.2 Å². The Balaban J connectivity index is 2.61. The summed E-state index contributed by atoms with van der Waals surface area (Å²) in [6.07, 6.45) is 1.95.